The van der Waals surface area contributed by atoms with Gasteiger partial charge in [-0.3, -0.25) is 4.79 Å². The third-order valence-electron chi connectivity index (χ3n) is 3.35. The number of allylic oxidation sites excluding steroid dienone is 1. The lowest BCUT2D eigenvalue weighted by molar-refractivity contribution is -0.286. The van der Waals surface area contributed by atoms with E-state index < -0.39 is 23.8 Å². The van der Waals surface area contributed by atoms with E-state index in [9.17, 15) is 26.7 Å². The Hall–Kier alpha value is -2.90. The Labute approximate surface area is 138 Å². The van der Waals surface area contributed by atoms with Crippen molar-refractivity contribution in [2.75, 3.05) is 0 Å². The Balaban J connectivity index is 1.74. The lowest BCUT2D eigenvalue weighted by Crippen LogP contribution is -2.25. The van der Waals surface area contributed by atoms with Gasteiger partial charge < -0.3 is 9.47 Å². The first-order valence-corrected chi connectivity index (χ1v) is 6.94. The van der Waals surface area contributed by atoms with E-state index in [1.165, 1.54) is 30.3 Å². The van der Waals surface area contributed by atoms with E-state index in [4.69, 9.17) is 0 Å². The smallest absolute Gasteiger partial charge is 0.395 e. The van der Waals surface area contributed by atoms with Crippen LogP contribution in [0.2, 0.25) is 0 Å². The summed E-state index contributed by atoms with van der Waals surface area (Å²) in [5, 5.41) is 0. The highest BCUT2D eigenvalue weighted by Crippen LogP contribution is 2.41. The molecule has 1 heterocycles. The van der Waals surface area contributed by atoms with Gasteiger partial charge in [0.25, 0.3) is 0 Å². The molecule has 130 valence electrons. The molecule has 2 aromatic rings. The van der Waals surface area contributed by atoms with Crippen molar-refractivity contribution >= 4 is 11.9 Å². The first kappa shape index (κ1) is 16.9. The van der Waals surface area contributed by atoms with E-state index in [1.54, 1.807) is 0 Å². The van der Waals surface area contributed by atoms with Gasteiger partial charge in [0, 0.05) is 5.56 Å². The molecule has 0 N–H and O–H groups in total. The van der Waals surface area contributed by atoms with Crippen molar-refractivity contribution in [3.63, 3.8) is 0 Å². The Morgan fingerprint density at radius 2 is 1.60 bits per heavy atom. The minimum Gasteiger partial charge on any atom is -0.395 e. The fraction of sp³-hybridized carbons (Fsp3) is 0.118. The minimum atomic E-state index is -4.44. The SMILES string of the molecule is O=C(C=Cc1ccc(C(F)(F)F)cc1)c1ccc2c(c1)OC(F)(F)O2. The second-order valence-electron chi connectivity index (χ2n) is 5.15. The molecule has 0 aliphatic carbocycles. The van der Waals surface area contributed by atoms with Crippen LogP contribution in [0.25, 0.3) is 6.08 Å². The largest absolute Gasteiger partial charge is 0.586 e. The van der Waals surface area contributed by atoms with E-state index in [0.29, 0.717) is 5.56 Å². The van der Waals surface area contributed by atoms with Crippen LogP contribution in [0, 0.1) is 0 Å². The molecule has 25 heavy (non-hydrogen) atoms. The van der Waals surface area contributed by atoms with Gasteiger partial charge in [0.15, 0.2) is 17.3 Å². The number of hydrogen-bond donors (Lipinski definition) is 0. The van der Waals surface area contributed by atoms with E-state index in [-0.39, 0.29) is 17.1 Å². The molecule has 0 saturated heterocycles. The van der Waals surface area contributed by atoms with Gasteiger partial charge in [-0.15, -0.1) is 8.78 Å². The molecule has 0 radical (unpaired) electrons. The molecule has 0 fully saturated rings. The molecule has 2 aromatic carbocycles. The zero-order chi connectivity index (χ0) is 18.2. The molecule has 0 atom stereocenters. The average molecular weight is 356 g/mol. The van der Waals surface area contributed by atoms with Crippen LogP contribution in [-0.4, -0.2) is 12.1 Å². The molecule has 1 aliphatic heterocycles. The molecular formula is C17H9F5O3. The quantitative estimate of drug-likeness (QED) is 0.445. The summed E-state index contributed by atoms with van der Waals surface area (Å²) in [5.41, 5.74) is -0.343. The number of halogens is 5. The standard InChI is InChI=1S/C17H9F5O3/c18-16(19,20)12-5-1-10(2-6-12)3-7-13(23)11-4-8-14-15(9-11)25-17(21,22)24-14/h1-9H. The van der Waals surface area contributed by atoms with Crippen LogP contribution in [-0.2, 0) is 6.18 Å². The number of alkyl halides is 5. The highest BCUT2D eigenvalue weighted by atomic mass is 19.4. The lowest BCUT2D eigenvalue weighted by atomic mass is 10.1. The molecule has 8 heteroatoms. The van der Waals surface area contributed by atoms with Crippen LogP contribution in [0.4, 0.5) is 22.0 Å². The highest BCUT2D eigenvalue weighted by molar-refractivity contribution is 6.07. The van der Waals surface area contributed by atoms with Gasteiger partial charge >= 0.3 is 12.5 Å². The van der Waals surface area contributed by atoms with Gasteiger partial charge in [-0.1, -0.05) is 18.2 Å². The van der Waals surface area contributed by atoms with Crippen LogP contribution in [0.15, 0.2) is 48.5 Å². The van der Waals surface area contributed by atoms with Crippen molar-refractivity contribution in [2.24, 2.45) is 0 Å². The molecule has 1 aliphatic rings. The fourth-order valence-corrected chi connectivity index (χ4v) is 2.15. The van der Waals surface area contributed by atoms with Crippen molar-refractivity contribution in [1.82, 2.24) is 0 Å². The Kier molecular flexibility index (Phi) is 3.98. The predicted octanol–water partition coefficient (Wildman–Crippen LogP) is 4.92. The highest BCUT2D eigenvalue weighted by Gasteiger charge is 2.43. The number of carbonyl (C=O) groups is 1. The van der Waals surface area contributed by atoms with E-state index in [1.807, 2.05) is 0 Å². The molecule has 3 rings (SSSR count). The van der Waals surface area contributed by atoms with E-state index >= 15 is 0 Å². The molecule has 3 nitrogen and oxygen atoms in total. The molecule has 0 unspecified atom stereocenters. The number of ketones is 1. The van der Waals surface area contributed by atoms with Crippen molar-refractivity contribution in [2.45, 2.75) is 12.5 Å². The summed E-state index contributed by atoms with van der Waals surface area (Å²) in [5.74, 6) is -0.978. The number of ether oxygens (including phenoxy) is 2. The van der Waals surface area contributed by atoms with Crippen molar-refractivity contribution in [1.29, 1.82) is 0 Å². The van der Waals surface area contributed by atoms with Crippen molar-refractivity contribution in [3.05, 3.63) is 65.2 Å². The Morgan fingerprint density at radius 3 is 2.24 bits per heavy atom. The van der Waals surface area contributed by atoms with Crippen LogP contribution < -0.4 is 9.47 Å². The molecule has 0 saturated carbocycles. The van der Waals surface area contributed by atoms with Crippen molar-refractivity contribution < 1.29 is 36.2 Å². The maximum Gasteiger partial charge on any atom is 0.586 e. The number of fused-ring (bicyclic) bond motifs is 1. The van der Waals surface area contributed by atoms with Crippen LogP contribution in [0.3, 0.4) is 0 Å². The van der Waals surface area contributed by atoms with Gasteiger partial charge in [0.2, 0.25) is 0 Å². The van der Waals surface area contributed by atoms with Crippen molar-refractivity contribution in [3.8, 4) is 11.5 Å². The van der Waals surface area contributed by atoms with Crippen LogP contribution in [0.5, 0.6) is 11.5 Å². The average Bonchev–Trinajstić information content (AvgIpc) is 2.84. The number of hydrogen-bond acceptors (Lipinski definition) is 3. The summed E-state index contributed by atoms with van der Waals surface area (Å²) >= 11 is 0. The van der Waals surface area contributed by atoms with Crippen LogP contribution in [0.1, 0.15) is 21.5 Å². The first-order valence-electron chi connectivity index (χ1n) is 6.94. The topological polar surface area (TPSA) is 35.5 Å². The zero-order valence-electron chi connectivity index (χ0n) is 12.3. The number of rotatable bonds is 3. The summed E-state index contributed by atoms with van der Waals surface area (Å²) in [6.07, 6.45) is -5.77. The monoisotopic (exact) mass is 356 g/mol. The van der Waals surface area contributed by atoms with Crippen LogP contribution >= 0.6 is 0 Å². The summed E-state index contributed by atoms with van der Waals surface area (Å²) < 4.78 is 71.8. The van der Waals surface area contributed by atoms with Gasteiger partial charge in [0.05, 0.1) is 5.56 Å². The van der Waals surface area contributed by atoms with Gasteiger partial charge in [-0.25, -0.2) is 0 Å². The van der Waals surface area contributed by atoms with E-state index in [0.717, 1.165) is 24.3 Å². The summed E-state index contributed by atoms with van der Waals surface area (Å²) in [7, 11) is 0. The Morgan fingerprint density at radius 1 is 0.960 bits per heavy atom. The minimum absolute atomic E-state index is 0.0724. The lowest BCUT2D eigenvalue weighted by Gasteiger charge is -2.05. The van der Waals surface area contributed by atoms with E-state index in [2.05, 4.69) is 9.47 Å². The molecule has 0 spiro atoms. The summed E-state index contributed by atoms with van der Waals surface area (Å²) in [6, 6.07) is 7.79. The fourth-order valence-electron chi connectivity index (χ4n) is 2.15. The van der Waals surface area contributed by atoms with Gasteiger partial charge in [0.1, 0.15) is 0 Å². The molecule has 0 amide bonds. The number of carbonyl (C=O) groups excluding carboxylic acids is 1. The predicted molar refractivity (Wildman–Crippen MR) is 77.5 cm³/mol. The summed E-state index contributed by atoms with van der Waals surface area (Å²) in [4.78, 5) is 12.1. The van der Waals surface area contributed by atoms with Gasteiger partial charge in [-0.05, 0) is 42.0 Å². The second-order valence-corrected chi connectivity index (χ2v) is 5.15. The van der Waals surface area contributed by atoms with Gasteiger partial charge in [-0.2, -0.15) is 13.2 Å². The maximum atomic E-state index is 12.9. The third kappa shape index (κ3) is 3.78. The summed E-state index contributed by atoms with van der Waals surface area (Å²) in [6.45, 7) is 0. The third-order valence-corrected chi connectivity index (χ3v) is 3.35. The molecule has 0 aromatic heterocycles. The maximum absolute atomic E-state index is 12.9. The molecular weight excluding hydrogens is 347 g/mol. The molecule has 0 bridgehead atoms. The second kappa shape index (κ2) is 5.87. The first-order chi connectivity index (χ1) is 11.6. The number of benzene rings is 2. The zero-order valence-corrected chi connectivity index (χ0v) is 12.3. The normalized spacial score (nSPS) is 15.6. The Bertz CT molecular complexity index is 838.